The normalized spacial score (nSPS) is 10.3. The predicted molar refractivity (Wildman–Crippen MR) is 91.6 cm³/mol. The number of Topliss-reactive ketones (excluding diaryl/α,β-unsaturated/α-hetero) is 1. The number of ether oxygens (including phenoxy) is 1. The van der Waals surface area contributed by atoms with Crippen LogP contribution >= 0.6 is 0 Å². The van der Waals surface area contributed by atoms with E-state index in [2.05, 4.69) is 0 Å². The van der Waals surface area contributed by atoms with Gasteiger partial charge in [-0.25, -0.2) is 4.79 Å². The highest BCUT2D eigenvalue weighted by Gasteiger charge is 2.21. The molecule has 2 rings (SSSR count). The van der Waals surface area contributed by atoms with Crippen molar-refractivity contribution < 1.29 is 9.53 Å². The largest absolute Gasteiger partial charge is 0.485 e. The molecule has 0 saturated carbocycles. The number of hydrogen-bond donors (Lipinski definition) is 1. The fraction of sp³-hybridized carbons (Fsp3) is 0.294. The zero-order chi connectivity index (χ0) is 18.6. The first-order valence-corrected chi connectivity index (χ1v) is 7.66. The number of benzene rings is 1. The Bertz CT molecular complexity index is 949. The molecule has 0 saturated heterocycles. The fourth-order valence-electron chi connectivity index (χ4n) is 2.33. The van der Waals surface area contributed by atoms with Crippen molar-refractivity contribution in [1.29, 1.82) is 5.26 Å². The minimum absolute atomic E-state index is 0.150. The van der Waals surface area contributed by atoms with Gasteiger partial charge in [0.1, 0.15) is 17.1 Å². The van der Waals surface area contributed by atoms with E-state index in [1.807, 2.05) is 13.0 Å². The third kappa shape index (κ3) is 3.61. The molecule has 1 aromatic carbocycles. The zero-order valence-corrected chi connectivity index (χ0v) is 14.0. The van der Waals surface area contributed by atoms with E-state index in [1.54, 1.807) is 24.3 Å². The molecule has 1 aromatic heterocycles. The van der Waals surface area contributed by atoms with Gasteiger partial charge in [-0.05, 0) is 30.7 Å². The molecule has 0 aliphatic rings. The zero-order valence-electron chi connectivity index (χ0n) is 14.0. The number of nitrogens with two attached hydrogens (primary N) is 1. The van der Waals surface area contributed by atoms with Gasteiger partial charge in [0.2, 0.25) is 5.78 Å². The lowest BCUT2D eigenvalue weighted by Gasteiger charge is -2.14. The van der Waals surface area contributed by atoms with Gasteiger partial charge >= 0.3 is 5.69 Å². The number of carbonyl (C=O) groups excluding carboxylic acids is 1. The second kappa shape index (κ2) is 7.49. The fourth-order valence-corrected chi connectivity index (χ4v) is 2.33. The van der Waals surface area contributed by atoms with Crippen molar-refractivity contribution in [3.8, 4) is 11.8 Å². The molecule has 8 heteroatoms. The molecular weight excluding hydrogens is 324 g/mol. The molecule has 130 valence electrons. The van der Waals surface area contributed by atoms with Crippen LogP contribution in [-0.2, 0) is 13.6 Å². The van der Waals surface area contributed by atoms with Crippen LogP contribution in [0.15, 0.2) is 33.9 Å². The Morgan fingerprint density at radius 2 is 1.92 bits per heavy atom. The summed E-state index contributed by atoms with van der Waals surface area (Å²) in [4.78, 5) is 36.8. The quantitative estimate of drug-likeness (QED) is 0.771. The minimum Gasteiger partial charge on any atom is -0.485 e. The summed E-state index contributed by atoms with van der Waals surface area (Å²) in [5, 5.41) is 8.75. The van der Waals surface area contributed by atoms with Crippen LogP contribution in [0.2, 0.25) is 0 Å². The lowest BCUT2D eigenvalue weighted by molar-refractivity contribution is 0.0919. The number of hydrogen-bond acceptors (Lipinski definition) is 6. The Labute approximate surface area is 143 Å². The maximum Gasteiger partial charge on any atom is 0.332 e. The van der Waals surface area contributed by atoms with E-state index in [1.165, 1.54) is 11.6 Å². The molecule has 0 bridgehead atoms. The van der Waals surface area contributed by atoms with E-state index in [9.17, 15) is 14.4 Å². The van der Waals surface area contributed by atoms with Gasteiger partial charge in [0.25, 0.3) is 5.56 Å². The van der Waals surface area contributed by atoms with Crippen molar-refractivity contribution in [2.24, 2.45) is 7.05 Å². The Kier molecular flexibility index (Phi) is 5.39. The summed E-state index contributed by atoms with van der Waals surface area (Å²) in [5.74, 6) is -0.389. The van der Waals surface area contributed by atoms with E-state index in [0.29, 0.717) is 24.3 Å². The first-order valence-electron chi connectivity index (χ1n) is 7.66. The maximum atomic E-state index is 12.4. The molecule has 2 N–H and O–H groups in total. The second-order valence-corrected chi connectivity index (χ2v) is 5.41. The Hall–Kier alpha value is -3.34. The lowest BCUT2D eigenvalue weighted by atomic mass is 10.2. The first-order chi connectivity index (χ1) is 11.9. The van der Waals surface area contributed by atoms with Crippen LogP contribution in [0.5, 0.6) is 5.75 Å². The number of ketones is 1. The van der Waals surface area contributed by atoms with Gasteiger partial charge in [-0.1, -0.05) is 6.92 Å². The molecule has 0 radical (unpaired) electrons. The number of aromatic nitrogens is 2. The van der Waals surface area contributed by atoms with Crippen LogP contribution in [-0.4, -0.2) is 21.5 Å². The topological polar surface area (TPSA) is 120 Å². The van der Waals surface area contributed by atoms with Gasteiger partial charge in [-0.2, -0.15) is 5.26 Å². The summed E-state index contributed by atoms with van der Waals surface area (Å²) in [6.45, 7) is 1.75. The average Bonchev–Trinajstić information content (AvgIpc) is 2.62. The van der Waals surface area contributed by atoms with Crippen molar-refractivity contribution >= 4 is 11.6 Å². The van der Waals surface area contributed by atoms with Crippen LogP contribution in [0.3, 0.4) is 0 Å². The summed E-state index contributed by atoms with van der Waals surface area (Å²) in [6.07, 6.45) is 0.623. The summed E-state index contributed by atoms with van der Waals surface area (Å²) in [5.41, 5.74) is 4.78. The van der Waals surface area contributed by atoms with Gasteiger partial charge in [0.15, 0.2) is 6.61 Å². The van der Waals surface area contributed by atoms with Crippen LogP contribution in [0.25, 0.3) is 0 Å². The van der Waals surface area contributed by atoms with E-state index in [-0.39, 0.29) is 11.4 Å². The standard InChI is InChI=1S/C17H18N4O4/c1-3-8-21-15(19)14(16(23)20(2)17(21)24)13(22)10-25-12-6-4-11(9-18)5-7-12/h4-7H,3,8,10,19H2,1-2H3. The van der Waals surface area contributed by atoms with Crippen molar-refractivity contribution in [2.75, 3.05) is 12.3 Å². The molecule has 0 atom stereocenters. The van der Waals surface area contributed by atoms with Crippen molar-refractivity contribution in [2.45, 2.75) is 19.9 Å². The van der Waals surface area contributed by atoms with Gasteiger partial charge < -0.3 is 10.5 Å². The summed E-state index contributed by atoms with van der Waals surface area (Å²) in [6, 6.07) is 8.17. The highest BCUT2D eigenvalue weighted by Crippen LogP contribution is 2.13. The average molecular weight is 342 g/mol. The Morgan fingerprint density at radius 3 is 2.48 bits per heavy atom. The molecule has 1 heterocycles. The van der Waals surface area contributed by atoms with E-state index in [4.69, 9.17) is 15.7 Å². The number of nitriles is 1. The summed E-state index contributed by atoms with van der Waals surface area (Å²) < 4.78 is 7.42. The number of anilines is 1. The molecule has 0 aliphatic heterocycles. The number of nitrogens with zero attached hydrogens (tertiary/aromatic N) is 3. The molecule has 0 amide bonds. The lowest BCUT2D eigenvalue weighted by Crippen LogP contribution is -2.43. The first kappa shape index (κ1) is 18.0. The Morgan fingerprint density at radius 1 is 1.28 bits per heavy atom. The van der Waals surface area contributed by atoms with Gasteiger partial charge in [0.05, 0.1) is 11.6 Å². The van der Waals surface area contributed by atoms with E-state index >= 15 is 0 Å². The molecule has 0 unspecified atom stereocenters. The van der Waals surface area contributed by atoms with Crippen LogP contribution in [0.1, 0.15) is 29.3 Å². The smallest absolute Gasteiger partial charge is 0.332 e. The highest BCUT2D eigenvalue weighted by atomic mass is 16.5. The van der Waals surface area contributed by atoms with E-state index < -0.39 is 23.6 Å². The van der Waals surface area contributed by atoms with Crippen molar-refractivity contribution in [3.05, 3.63) is 56.2 Å². The summed E-state index contributed by atoms with van der Waals surface area (Å²) in [7, 11) is 1.30. The maximum absolute atomic E-state index is 12.4. The monoisotopic (exact) mass is 342 g/mol. The van der Waals surface area contributed by atoms with Gasteiger partial charge in [-0.15, -0.1) is 0 Å². The predicted octanol–water partition coefficient (Wildman–Crippen LogP) is 0.673. The number of nitrogen functional groups attached to an aromatic ring is 1. The molecule has 8 nitrogen and oxygen atoms in total. The van der Waals surface area contributed by atoms with Crippen LogP contribution in [0, 0.1) is 11.3 Å². The minimum atomic E-state index is -0.747. The third-order valence-electron chi connectivity index (χ3n) is 3.66. The molecule has 25 heavy (non-hydrogen) atoms. The SMILES string of the molecule is CCCn1c(N)c(C(=O)COc2ccc(C#N)cc2)c(=O)n(C)c1=O. The highest BCUT2D eigenvalue weighted by molar-refractivity contribution is 6.00. The van der Waals surface area contributed by atoms with Crippen molar-refractivity contribution in [1.82, 2.24) is 9.13 Å². The van der Waals surface area contributed by atoms with Gasteiger partial charge in [-0.3, -0.25) is 18.7 Å². The summed E-state index contributed by atoms with van der Waals surface area (Å²) >= 11 is 0. The number of rotatable bonds is 6. The van der Waals surface area contributed by atoms with Crippen LogP contribution < -0.4 is 21.7 Å². The Balaban J connectivity index is 2.31. The molecule has 0 aliphatic carbocycles. The molecular formula is C17H18N4O4. The van der Waals surface area contributed by atoms with E-state index in [0.717, 1.165) is 4.57 Å². The molecule has 2 aromatic rings. The molecule has 0 fully saturated rings. The molecule has 0 spiro atoms. The van der Waals surface area contributed by atoms with Crippen molar-refractivity contribution in [3.63, 3.8) is 0 Å². The van der Waals surface area contributed by atoms with Crippen LogP contribution in [0.4, 0.5) is 5.82 Å². The van der Waals surface area contributed by atoms with Gasteiger partial charge in [0, 0.05) is 13.6 Å². The number of carbonyl (C=O) groups is 1. The second-order valence-electron chi connectivity index (χ2n) is 5.41. The third-order valence-corrected chi connectivity index (χ3v) is 3.66.